The first kappa shape index (κ1) is 29.5. The van der Waals surface area contributed by atoms with Gasteiger partial charge in [-0.1, -0.05) is 19.6 Å². The lowest BCUT2D eigenvalue weighted by atomic mass is 9.51. The van der Waals surface area contributed by atoms with Crippen LogP contribution in [0.3, 0.4) is 0 Å². The van der Waals surface area contributed by atoms with Gasteiger partial charge in [-0.2, -0.15) is 0 Å². The topological polar surface area (TPSA) is 178 Å². The third-order valence-corrected chi connectivity index (χ3v) is 9.05. The Balaban J connectivity index is 2.07. The van der Waals surface area contributed by atoms with E-state index in [9.17, 15) is 34.5 Å². The van der Waals surface area contributed by atoms with Gasteiger partial charge in [0.2, 0.25) is 0 Å². The molecule has 0 aromatic heterocycles. The minimum Gasteiger partial charge on any atom is -0.459 e. The number of halogens is 1. The summed E-state index contributed by atoms with van der Waals surface area (Å²) in [6.07, 6.45) is -6.74. The lowest BCUT2D eigenvalue weighted by Gasteiger charge is -2.58. The van der Waals surface area contributed by atoms with Crippen molar-refractivity contribution in [2.75, 3.05) is 6.61 Å². The highest BCUT2D eigenvalue weighted by atomic mass is 35.5. The van der Waals surface area contributed by atoms with Gasteiger partial charge in [0.1, 0.15) is 30.0 Å². The average molecular weight is 573 g/mol. The van der Waals surface area contributed by atoms with Crippen molar-refractivity contribution in [1.29, 1.82) is 0 Å². The highest BCUT2D eigenvalue weighted by molar-refractivity contribution is 6.23. The van der Waals surface area contributed by atoms with Gasteiger partial charge < -0.3 is 39.0 Å². The van der Waals surface area contributed by atoms with E-state index in [1.54, 1.807) is 0 Å². The molecule has 4 rings (SSSR count). The van der Waals surface area contributed by atoms with Crippen LogP contribution >= 0.6 is 11.6 Å². The molecular formula is C26H33ClO12. The molecule has 0 unspecified atom stereocenters. The van der Waals surface area contributed by atoms with Crippen molar-refractivity contribution in [2.24, 2.45) is 17.3 Å². The molecule has 0 amide bonds. The van der Waals surface area contributed by atoms with Gasteiger partial charge in [0, 0.05) is 32.1 Å². The predicted molar refractivity (Wildman–Crippen MR) is 131 cm³/mol. The van der Waals surface area contributed by atoms with E-state index in [0.29, 0.717) is 0 Å². The summed E-state index contributed by atoms with van der Waals surface area (Å²) >= 11 is 6.66. The fourth-order valence-corrected chi connectivity index (χ4v) is 6.82. The van der Waals surface area contributed by atoms with Crippen LogP contribution in [-0.2, 0) is 42.9 Å². The number of carbonyl (C=O) groups excluding carboxylic acids is 4. The Morgan fingerprint density at radius 1 is 1.08 bits per heavy atom. The van der Waals surface area contributed by atoms with Gasteiger partial charge in [-0.15, -0.1) is 11.6 Å². The summed E-state index contributed by atoms with van der Waals surface area (Å²) in [4.78, 5) is 49.7. The van der Waals surface area contributed by atoms with Gasteiger partial charge in [-0.25, -0.2) is 0 Å². The second-order valence-electron chi connectivity index (χ2n) is 10.9. The number of rotatable bonds is 3. The van der Waals surface area contributed by atoms with Crippen LogP contribution in [0.2, 0.25) is 0 Å². The summed E-state index contributed by atoms with van der Waals surface area (Å²) in [7, 11) is 0. The molecule has 0 aromatic rings. The fourth-order valence-electron chi connectivity index (χ4n) is 6.50. The van der Waals surface area contributed by atoms with Crippen LogP contribution in [0.5, 0.6) is 0 Å². The molecule has 2 heterocycles. The number of aliphatic hydroxyl groups excluding tert-OH is 2. The zero-order valence-corrected chi connectivity index (χ0v) is 22.9. The summed E-state index contributed by atoms with van der Waals surface area (Å²) in [5.74, 6) is -5.94. The van der Waals surface area contributed by atoms with Crippen molar-refractivity contribution < 1.29 is 58.2 Å². The molecule has 0 aromatic carbocycles. The number of epoxide rings is 1. The summed E-state index contributed by atoms with van der Waals surface area (Å²) in [5, 5.41) is 34.3. The largest absolute Gasteiger partial charge is 0.459 e. The zero-order valence-electron chi connectivity index (χ0n) is 22.2. The van der Waals surface area contributed by atoms with Gasteiger partial charge in [-0.3, -0.25) is 19.2 Å². The number of esters is 4. The molecular weight excluding hydrogens is 540 g/mol. The lowest BCUT2D eigenvalue weighted by molar-refractivity contribution is -0.274. The second kappa shape index (κ2) is 9.84. The van der Waals surface area contributed by atoms with E-state index in [4.69, 9.17) is 35.3 Å². The van der Waals surface area contributed by atoms with Crippen molar-refractivity contribution in [3.8, 4) is 0 Å². The Labute approximate surface area is 229 Å². The van der Waals surface area contributed by atoms with Crippen molar-refractivity contribution in [3.05, 3.63) is 24.3 Å². The van der Waals surface area contributed by atoms with E-state index >= 15 is 0 Å². The van der Waals surface area contributed by atoms with E-state index in [1.165, 1.54) is 26.0 Å². The molecule has 12 atom stereocenters. The van der Waals surface area contributed by atoms with Crippen molar-refractivity contribution in [2.45, 2.75) is 87.8 Å². The maximum atomic E-state index is 12.9. The third kappa shape index (κ3) is 4.37. The summed E-state index contributed by atoms with van der Waals surface area (Å²) in [5.41, 5.74) is -5.63. The second-order valence-corrected chi connectivity index (χ2v) is 11.4. The van der Waals surface area contributed by atoms with Crippen LogP contribution in [0.15, 0.2) is 24.3 Å². The van der Waals surface area contributed by atoms with Gasteiger partial charge in [0.25, 0.3) is 0 Å². The molecule has 12 nitrogen and oxygen atoms in total. The smallest absolute Gasteiger partial charge is 0.312 e. The molecule has 39 heavy (non-hydrogen) atoms. The third-order valence-electron chi connectivity index (χ3n) is 8.55. The first-order chi connectivity index (χ1) is 18.0. The summed E-state index contributed by atoms with van der Waals surface area (Å²) < 4.78 is 28.0. The molecule has 1 saturated carbocycles. The van der Waals surface area contributed by atoms with Crippen LogP contribution < -0.4 is 0 Å². The Hall–Kier alpha value is -2.51. The van der Waals surface area contributed by atoms with Gasteiger partial charge in [0.15, 0.2) is 17.8 Å². The number of hydrogen-bond donors (Lipinski definition) is 3. The number of fused-ring (bicyclic) bond motifs is 3. The molecule has 4 aliphatic rings. The highest BCUT2D eigenvalue weighted by Crippen LogP contribution is 2.62. The predicted octanol–water partition coefficient (Wildman–Crippen LogP) is -0.0656. The summed E-state index contributed by atoms with van der Waals surface area (Å²) in [6.45, 7) is 9.86. The molecule has 216 valence electrons. The fraction of sp³-hybridized carbons (Fsp3) is 0.692. The molecule has 1 spiro atoms. The molecule has 0 radical (unpaired) electrons. The minimum absolute atomic E-state index is 0.155. The molecule has 13 heteroatoms. The van der Waals surface area contributed by atoms with Crippen LogP contribution in [0.25, 0.3) is 0 Å². The van der Waals surface area contributed by atoms with Crippen LogP contribution in [0, 0.1) is 17.3 Å². The van der Waals surface area contributed by atoms with E-state index < -0.39 is 94.3 Å². The SMILES string of the molecule is C=C1/C=C\[C@H](OC(C)=O)[C@@]2(C)[C@H](O)[C@@H](OC(C)=O)[C@@H](O)[C@]3(CO3)[C@@H]2[C@H](OC(C)=O)[C@]2(O)[C@@H](C)C(=O)O[C@H]2[C@H]1Cl. The van der Waals surface area contributed by atoms with E-state index in [1.807, 2.05) is 0 Å². The first-order valence-electron chi connectivity index (χ1n) is 12.5. The molecule has 2 aliphatic heterocycles. The summed E-state index contributed by atoms with van der Waals surface area (Å²) in [6, 6.07) is 0. The number of ether oxygens (including phenoxy) is 5. The average Bonchev–Trinajstić information content (AvgIpc) is 3.60. The molecule has 2 saturated heterocycles. The molecule has 3 fully saturated rings. The van der Waals surface area contributed by atoms with E-state index in [0.717, 1.165) is 20.8 Å². The Morgan fingerprint density at radius 3 is 2.15 bits per heavy atom. The van der Waals surface area contributed by atoms with Gasteiger partial charge in [0.05, 0.1) is 17.9 Å². The maximum Gasteiger partial charge on any atom is 0.312 e. The highest BCUT2D eigenvalue weighted by Gasteiger charge is 2.79. The van der Waals surface area contributed by atoms with Crippen molar-refractivity contribution in [3.63, 3.8) is 0 Å². The van der Waals surface area contributed by atoms with Crippen LogP contribution in [0.1, 0.15) is 34.6 Å². The maximum absolute atomic E-state index is 12.9. The Bertz CT molecular complexity index is 1120. The van der Waals surface area contributed by atoms with E-state index in [-0.39, 0.29) is 12.2 Å². The molecule has 0 bridgehead atoms. The van der Waals surface area contributed by atoms with E-state index in [2.05, 4.69) is 6.58 Å². The number of hydrogen-bond acceptors (Lipinski definition) is 12. The Kier molecular flexibility index (Phi) is 7.44. The van der Waals surface area contributed by atoms with Crippen molar-refractivity contribution in [1.82, 2.24) is 0 Å². The molecule has 3 N–H and O–H groups in total. The number of alkyl halides is 1. The minimum atomic E-state index is -2.33. The first-order valence-corrected chi connectivity index (χ1v) is 12.9. The number of allylic oxidation sites excluding steroid dienone is 1. The Morgan fingerprint density at radius 2 is 1.64 bits per heavy atom. The quantitative estimate of drug-likeness (QED) is 0.178. The van der Waals surface area contributed by atoms with Crippen LogP contribution in [0.4, 0.5) is 0 Å². The lowest BCUT2D eigenvalue weighted by Crippen LogP contribution is -2.75. The van der Waals surface area contributed by atoms with Gasteiger partial charge in [-0.05, 0) is 18.6 Å². The standard InChI is InChI=1S/C26H33ClO12/c1-10-7-8-15(36-12(3)28)24(6)18(25(9-35-25)20(32)17(19(24)31)37-13(4)29)22(38-14(5)30)26(34)11(2)23(33)39-21(26)16(10)27/h7-8,11,15-22,31-32,34H,1,9H2,2-6H3/b8-7-/t11-,15-,16-,17+,18+,19+,20+,21-,22-,24+,25-,26-/m0/s1. The van der Waals surface area contributed by atoms with Crippen molar-refractivity contribution >= 4 is 35.5 Å². The molecule has 2 aliphatic carbocycles. The number of carbonyl (C=O) groups is 4. The number of aliphatic hydroxyl groups is 3. The zero-order chi connectivity index (χ0) is 29.2. The van der Waals surface area contributed by atoms with Crippen LogP contribution in [-0.4, -0.2) is 99.0 Å². The monoisotopic (exact) mass is 572 g/mol. The normalized spacial score (nSPS) is 47.8. The van der Waals surface area contributed by atoms with Gasteiger partial charge >= 0.3 is 23.9 Å².